The van der Waals surface area contributed by atoms with Crippen LogP contribution < -0.4 is 0 Å². The average Bonchev–Trinajstić information content (AvgIpc) is 3.20. The number of halogens is 3. The molecule has 1 aromatic heterocycles. The van der Waals surface area contributed by atoms with E-state index < -0.39 is 11.7 Å². The number of carbonyl (C=O) groups is 1. The van der Waals surface area contributed by atoms with Crippen LogP contribution in [0.3, 0.4) is 0 Å². The zero-order valence-corrected chi connectivity index (χ0v) is 19.2. The minimum Gasteiger partial charge on any atom is -0.337 e. The van der Waals surface area contributed by atoms with Crippen LogP contribution in [0.2, 0.25) is 0 Å². The lowest BCUT2D eigenvalue weighted by Crippen LogP contribution is -2.39. The van der Waals surface area contributed by atoms with Crippen LogP contribution in [0.4, 0.5) is 13.2 Å². The molecular formula is C23H29F3N4OS. The van der Waals surface area contributed by atoms with Crippen LogP contribution in [0, 0.1) is 5.92 Å². The number of amides is 1. The summed E-state index contributed by atoms with van der Waals surface area (Å²) in [4.78, 5) is 15.0. The number of benzene rings is 1. The van der Waals surface area contributed by atoms with Crippen molar-refractivity contribution in [1.82, 2.24) is 19.4 Å². The van der Waals surface area contributed by atoms with Crippen LogP contribution in [-0.4, -0.2) is 50.7 Å². The lowest BCUT2D eigenvalue weighted by molar-refractivity contribution is -0.138. The first kappa shape index (κ1) is 23.2. The van der Waals surface area contributed by atoms with E-state index in [1.807, 2.05) is 0 Å². The molecule has 0 bridgehead atoms. The van der Waals surface area contributed by atoms with Gasteiger partial charge in [-0.05, 0) is 36.3 Å². The molecule has 1 amide bonds. The number of hydrogen-bond donors (Lipinski definition) is 1. The number of H-pyrrole nitrogens is 1. The Balaban J connectivity index is 1.42. The molecule has 1 N–H and O–H groups in total. The summed E-state index contributed by atoms with van der Waals surface area (Å²) in [7, 11) is 0. The second-order valence-corrected chi connectivity index (χ2v) is 10.1. The molecule has 3 heterocycles. The van der Waals surface area contributed by atoms with Crippen molar-refractivity contribution >= 4 is 17.9 Å². The molecule has 32 heavy (non-hydrogen) atoms. The number of hydrogen-bond acceptors (Lipinski definition) is 4. The first-order valence-corrected chi connectivity index (χ1v) is 12.1. The number of aromatic nitrogens is 2. The van der Waals surface area contributed by atoms with E-state index in [0.29, 0.717) is 49.7 Å². The molecule has 0 radical (unpaired) electrons. The maximum atomic E-state index is 13.4. The van der Waals surface area contributed by atoms with E-state index in [0.717, 1.165) is 36.0 Å². The monoisotopic (exact) mass is 466 g/mol. The molecule has 0 saturated carbocycles. The lowest BCUT2D eigenvalue weighted by atomic mass is 9.86. The van der Waals surface area contributed by atoms with Crippen molar-refractivity contribution in [2.24, 2.45) is 5.92 Å². The molecule has 2 aromatic rings. The number of piperidine rings is 1. The van der Waals surface area contributed by atoms with Crippen LogP contribution in [0.25, 0.3) is 0 Å². The number of nitrogens with zero attached hydrogens (tertiary/aromatic N) is 3. The molecule has 1 saturated heterocycles. The normalized spacial score (nSPS) is 18.2. The van der Waals surface area contributed by atoms with Crippen LogP contribution in [-0.2, 0) is 19.1 Å². The van der Waals surface area contributed by atoms with Crippen molar-refractivity contribution < 1.29 is 18.0 Å². The second kappa shape index (κ2) is 9.47. The molecule has 174 valence electrons. The van der Waals surface area contributed by atoms with Crippen molar-refractivity contribution in [3.05, 3.63) is 52.3 Å². The van der Waals surface area contributed by atoms with Gasteiger partial charge in [0.15, 0.2) is 5.69 Å². The Bertz CT molecular complexity index is 951. The number of alkyl halides is 3. The SMILES string of the molecule is CC(C)CSN1CCc2[nH]nc(C(=O)N3CCC(c4ccccc4C(F)(F)F)CC3)c2C1. The third kappa shape index (κ3) is 4.98. The summed E-state index contributed by atoms with van der Waals surface area (Å²) in [6, 6.07) is 5.79. The van der Waals surface area contributed by atoms with Gasteiger partial charge in [-0.25, -0.2) is 4.31 Å². The molecule has 0 aliphatic carbocycles. The molecule has 9 heteroatoms. The van der Waals surface area contributed by atoms with Gasteiger partial charge in [0.25, 0.3) is 5.91 Å². The topological polar surface area (TPSA) is 52.2 Å². The highest BCUT2D eigenvalue weighted by molar-refractivity contribution is 7.97. The van der Waals surface area contributed by atoms with E-state index >= 15 is 0 Å². The number of fused-ring (bicyclic) bond motifs is 1. The summed E-state index contributed by atoms with van der Waals surface area (Å²) in [6.07, 6.45) is -2.50. The minimum absolute atomic E-state index is 0.124. The maximum absolute atomic E-state index is 13.4. The highest BCUT2D eigenvalue weighted by Gasteiger charge is 2.37. The van der Waals surface area contributed by atoms with E-state index in [9.17, 15) is 18.0 Å². The van der Waals surface area contributed by atoms with Gasteiger partial charge in [0.05, 0.1) is 5.56 Å². The predicted molar refractivity (Wildman–Crippen MR) is 119 cm³/mol. The average molecular weight is 467 g/mol. The fraction of sp³-hybridized carbons (Fsp3) is 0.565. The van der Waals surface area contributed by atoms with Crippen molar-refractivity contribution in [2.45, 2.75) is 51.7 Å². The fourth-order valence-electron chi connectivity index (χ4n) is 4.47. The van der Waals surface area contributed by atoms with Crippen molar-refractivity contribution in [3.63, 3.8) is 0 Å². The first-order valence-electron chi connectivity index (χ1n) is 11.1. The van der Waals surface area contributed by atoms with E-state index in [1.54, 1.807) is 29.0 Å². The molecule has 5 nitrogen and oxygen atoms in total. The number of nitrogens with one attached hydrogen (secondary N) is 1. The maximum Gasteiger partial charge on any atom is 0.416 e. The second-order valence-electron chi connectivity index (χ2n) is 8.98. The lowest BCUT2D eigenvalue weighted by Gasteiger charge is -2.33. The van der Waals surface area contributed by atoms with Gasteiger partial charge in [0, 0.05) is 49.6 Å². The smallest absolute Gasteiger partial charge is 0.337 e. The summed E-state index contributed by atoms with van der Waals surface area (Å²) >= 11 is 1.80. The Hall–Kier alpha value is -2.00. The van der Waals surface area contributed by atoms with Gasteiger partial charge >= 0.3 is 6.18 Å². The first-order chi connectivity index (χ1) is 15.2. The van der Waals surface area contributed by atoms with Crippen LogP contribution in [0.1, 0.15) is 65.5 Å². The highest BCUT2D eigenvalue weighted by atomic mass is 32.2. The molecule has 0 spiro atoms. The third-order valence-electron chi connectivity index (χ3n) is 6.18. The number of likely N-dealkylation sites (tertiary alicyclic amines) is 1. The highest BCUT2D eigenvalue weighted by Crippen LogP contribution is 2.39. The Morgan fingerprint density at radius 2 is 1.94 bits per heavy atom. The number of rotatable bonds is 5. The quantitative estimate of drug-likeness (QED) is 0.622. The zero-order valence-electron chi connectivity index (χ0n) is 18.4. The Morgan fingerprint density at radius 1 is 1.22 bits per heavy atom. The molecule has 0 atom stereocenters. The van der Waals surface area contributed by atoms with Gasteiger partial charge < -0.3 is 4.90 Å². The third-order valence-corrected chi connectivity index (χ3v) is 7.67. The zero-order chi connectivity index (χ0) is 22.9. The minimum atomic E-state index is -4.36. The molecule has 2 aliphatic rings. The van der Waals surface area contributed by atoms with Gasteiger partial charge in [-0.3, -0.25) is 9.89 Å². The number of carbonyl (C=O) groups excluding carboxylic acids is 1. The Morgan fingerprint density at radius 3 is 2.62 bits per heavy atom. The summed E-state index contributed by atoms with van der Waals surface area (Å²) in [6.45, 7) is 6.84. The van der Waals surface area contributed by atoms with Gasteiger partial charge in [0.1, 0.15) is 0 Å². The molecule has 4 rings (SSSR count). The van der Waals surface area contributed by atoms with E-state index in [2.05, 4.69) is 28.4 Å². The van der Waals surface area contributed by atoms with Crippen LogP contribution in [0.15, 0.2) is 24.3 Å². The standard InChI is InChI=1S/C23H29F3N4OS/c1-15(2)14-32-30-12-9-20-18(13-30)21(28-27-20)22(31)29-10-7-16(8-11-29)17-5-3-4-6-19(17)23(24,25)26/h3-6,15-16H,7-14H2,1-2H3,(H,27,28). The van der Waals surface area contributed by atoms with Crippen molar-refractivity contribution in [1.29, 1.82) is 0 Å². The molecule has 2 aliphatic heterocycles. The molecular weight excluding hydrogens is 437 g/mol. The predicted octanol–water partition coefficient (Wildman–Crippen LogP) is 5.11. The molecule has 0 unspecified atom stereocenters. The van der Waals surface area contributed by atoms with Crippen LogP contribution >= 0.6 is 11.9 Å². The molecule has 1 fully saturated rings. The van der Waals surface area contributed by atoms with Gasteiger partial charge in [-0.1, -0.05) is 44.0 Å². The van der Waals surface area contributed by atoms with Gasteiger partial charge in [-0.15, -0.1) is 0 Å². The largest absolute Gasteiger partial charge is 0.416 e. The Labute approximate surface area is 190 Å². The summed E-state index contributed by atoms with van der Waals surface area (Å²) in [5.41, 5.74) is 2.21. The van der Waals surface area contributed by atoms with E-state index in [4.69, 9.17) is 0 Å². The summed E-state index contributed by atoms with van der Waals surface area (Å²) in [5.74, 6) is 1.30. The van der Waals surface area contributed by atoms with Gasteiger partial charge in [-0.2, -0.15) is 18.3 Å². The van der Waals surface area contributed by atoms with E-state index in [1.165, 1.54) is 6.07 Å². The number of aromatic amines is 1. The Kier molecular flexibility index (Phi) is 6.86. The summed E-state index contributed by atoms with van der Waals surface area (Å²) < 4.78 is 42.5. The van der Waals surface area contributed by atoms with Crippen molar-refractivity contribution in [2.75, 3.05) is 25.4 Å². The molecule has 1 aromatic carbocycles. The fourth-order valence-corrected chi connectivity index (χ4v) is 5.42. The van der Waals surface area contributed by atoms with Crippen LogP contribution in [0.5, 0.6) is 0 Å². The summed E-state index contributed by atoms with van der Waals surface area (Å²) in [5, 5.41) is 7.36. The van der Waals surface area contributed by atoms with Crippen molar-refractivity contribution in [3.8, 4) is 0 Å². The van der Waals surface area contributed by atoms with Gasteiger partial charge in [0.2, 0.25) is 0 Å². The van der Waals surface area contributed by atoms with E-state index in [-0.39, 0.29) is 11.8 Å².